The van der Waals surface area contributed by atoms with Crippen LogP contribution in [0, 0.1) is 11.6 Å². The number of imidazole rings is 1. The Labute approximate surface area is 226 Å². The first kappa shape index (κ1) is 28.1. The lowest BCUT2D eigenvalue weighted by atomic mass is 9.79. The van der Waals surface area contributed by atoms with Gasteiger partial charge in [0.2, 0.25) is 11.8 Å². The Hall–Kier alpha value is -3.92. The standard InChI is InChI=1S/C29H33F2N5O3/c1-18-8-6-7-13-36(18)26(38)15-29(28(32)39,34-17-25(37)20-9-4-3-5-10-20)19(2)27-33-16-24(35-27)22-12-11-21(30)14-23(22)31/h3-5,9-12,14,16,18-19,34H,6-8,13,15,17H2,1-2H3,(H2,32,39)(H,33,35)/t18-,19+,29?/m0/s1. The molecule has 1 aliphatic heterocycles. The third kappa shape index (κ3) is 6.06. The SMILES string of the molecule is C[C@H](c1ncc(-c2ccc(F)cc2F)[nH]1)C(CC(=O)N1CCCC[C@@H]1C)(NCC(=O)c1ccccc1)C(N)=O. The van der Waals surface area contributed by atoms with Crippen LogP contribution in [0.15, 0.2) is 54.7 Å². The topological polar surface area (TPSA) is 121 Å². The highest BCUT2D eigenvalue weighted by atomic mass is 19.1. The van der Waals surface area contributed by atoms with Gasteiger partial charge in [0.25, 0.3) is 0 Å². The van der Waals surface area contributed by atoms with E-state index in [1.807, 2.05) is 6.92 Å². The van der Waals surface area contributed by atoms with Crippen molar-refractivity contribution in [2.75, 3.05) is 13.1 Å². The summed E-state index contributed by atoms with van der Waals surface area (Å²) >= 11 is 0. The maximum atomic E-state index is 14.4. The van der Waals surface area contributed by atoms with Crippen molar-refractivity contribution in [1.82, 2.24) is 20.2 Å². The number of hydrogen-bond donors (Lipinski definition) is 3. The van der Waals surface area contributed by atoms with Crippen molar-refractivity contribution in [2.24, 2.45) is 5.73 Å². The van der Waals surface area contributed by atoms with Crippen LogP contribution in [-0.2, 0) is 9.59 Å². The van der Waals surface area contributed by atoms with E-state index in [2.05, 4.69) is 15.3 Å². The molecule has 10 heteroatoms. The number of hydrogen-bond acceptors (Lipinski definition) is 5. The Bertz CT molecular complexity index is 1350. The van der Waals surface area contributed by atoms with Gasteiger partial charge in [-0.1, -0.05) is 37.3 Å². The Morgan fingerprint density at radius 2 is 1.92 bits per heavy atom. The van der Waals surface area contributed by atoms with Crippen molar-refractivity contribution in [3.05, 3.63) is 77.8 Å². The van der Waals surface area contributed by atoms with E-state index in [0.717, 1.165) is 31.4 Å². The van der Waals surface area contributed by atoms with E-state index >= 15 is 0 Å². The van der Waals surface area contributed by atoms with Crippen molar-refractivity contribution in [3.8, 4) is 11.3 Å². The molecular formula is C29H33F2N5O3. The summed E-state index contributed by atoms with van der Waals surface area (Å²) in [5.74, 6) is -3.41. The number of halogens is 2. The number of H-pyrrole nitrogens is 1. The summed E-state index contributed by atoms with van der Waals surface area (Å²) in [7, 11) is 0. The number of carbonyl (C=O) groups is 3. The molecule has 2 heterocycles. The number of piperidine rings is 1. The second-order valence-electron chi connectivity index (χ2n) is 10.1. The van der Waals surface area contributed by atoms with Crippen LogP contribution in [0.3, 0.4) is 0 Å². The zero-order chi connectivity index (χ0) is 28.2. The minimum absolute atomic E-state index is 0.00903. The fraction of sp³-hybridized carbons (Fsp3) is 0.379. The molecule has 2 amide bonds. The molecule has 39 heavy (non-hydrogen) atoms. The van der Waals surface area contributed by atoms with Crippen molar-refractivity contribution in [1.29, 1.82) is 0 Å². The second kappa shape index (κ2) is 11.9. The molecule has 4 N–H and O–H groups in total. The number of primary amides is 1. The van der Waals surface area contributed by atoms with Gasteiger partial charge < -0.3 is 15.6 Å². The summed E-state index contributed by atoms with van der Waals surface area (Å²) in [6, 6.07) is 11.8. The molecule has 4 rings (SSSR count). The molecule has 3 aromatic rings. The van der Waals surface area contributed by atoms with Crippen molar-refractivity contribution < 1.29 is 23.2 Å². The van der Waals surface area contributed by atoms with Crippen LogP contribution in [-0.4, -0.2) is 57.1 Å². The molecule has 8 nitrogen and oxygen atoms in total. The number of aromatic nitrogens is 2. The number of nitrogens with zero attached hydrogens (tertiary/aromatic N) is 2. The first-order chi connectivity index (χ1) is 18.6. The molecule has 0 bridgehead atoms. The predicted octanol–water partition coefficient (Wildman–Crippen LogP) is 3.95. The maximum absolute atomic E-state index is 14.4. The number of likely N-dealkylation sites (tertiary alicyclic amines) is 1. The summed E-state index contributed by atoms with van der Waals surface area (Å²) in [5, 5.41) is 3.03. The van der Waals surface area contributed by atoms with Gasteiger partial charge in [-0.3, -0.25) is 19.7 Å². The normalized spacial score (nSPS) is 17.8. The number of rotatable bonds is 10. The van der Waals surface area contributed by atoms with Crippen LogP contribution in [0.2, 0.25) is 0 Å². The van der Waals surface area contributed by atoms with E-state index in [1.165, 1.54) is 12.3 Å². The third-order valence-corrected chi connectivity index (χ3v) is 7.62. The molecule has 2 aromatic carbocycles. The fourth-order valence-corrected chi connectivity index (χ4v) is 5.16. The minimum Gasteiger partial charge on any atom is -0.368 e. The van der Waals surface area contributed by atoms with Gasteiger partial charge in [0.1, 0.15) is 23.0 Å². The lowest BCUT2D eigenvalue weighted by molar-refractivity contribution is -0.140. The molecule has 1 aromatic heterocycles. The van der Waals surface area contributed by atoms with Crippen LogP contribution < -0.4 is 11.1 Å². The molecule has 3 atom stereocenters. The first-order valence-electron chi connectivity index (χ1n) is 13.1. The van der Waals surface area contributed by atoms with Gasteiger partial charge in [-0.2, -0.15) is 0 Å². The molecule has 1 saturated heterocycles. The number of carbonyl (C=O) groups excluding carboxylic acids is 3. The fourth-order valence-electron chi connectivity index (χ4n) is 5.16. The molecular weight excluding hydrogens is 504 g/mol. The molecule has 0 radical (unpaired) electrons. The first-order valence-corrected chi connectivity index (χ1v) is 13.1. The Kier molecular flexibility index (Phi) is 8.54. The lowest BCUT2D eigenvalue weighted by Gasteiger charge is -2.40. The Morgan fingerprint density at radius 1 is 1.18 bits per heavy atom. The Morgan fingerprint density at radius 3 is 2.59 bits per heavy atom. The van der Waals surface area contributed by atoms with Gasteiger partial charge in [0.15, 0.2) is 5.78 Å². The van der Waals surface area contributed by atoms with Gasteiger partial charge in [-0.25, -0.2) is 13.8 Å². The highest BCUT2D eigenvalue weighted by Gasteiger charge is 2.47. The van der Waals surface area contributed by atoms with Crippen LogP contribution >= 0.6 is 0 Å². The summed E-state index contributed by atoms with van der Waals surface area (Å²) in [4.78, 5) is 48.8. The number of benzene rings is 2. The van der Waals surface area contributed by atoms with Crippen LogP contribution in [0.1, 0.15) is 61.6 Å². The zero-order valence-corrected chi connectivity index (χ0v) is 22.0. The Balaban J connectivity index is 1.68. The molecule has 1 unspecified atom stereocenters. The number of aromatic amines is 1. The molecule has 0 saturated carbocycles. The number of nitrogens with one attached hydrogen (secondary N) is 2. The van der Waals surface area contributed by atoms with E-state index in [9.17, 15) is 23.2 Å². The van der Waals surface area contributed by atoms with Gasteiger partial charge in [0.05, 0.1) is 24.9 Å². The maximum Gasteiger partial charge on any atom is 0.239 e. The summed E-state index contributed by atoms with van der Waals surface area (Å²) in [5.41, 5.74) is 5.10. The average molecular weight is 538 g/mol. The number of ketones is 1. The van der Waals surface area contributed by atoms with Crippen molar-refractivity contribution in [2.45, 2.75) is 57.0 Å². The van der Waals surface area contributed by atoms with E-state index in [4.69, 9.17) is 5.73 Å². The number of nitrogens with two attached hydrogens (primary N) is 1. The number of amides is 2. The monoisotopic (exact) mass is 537 g/mol. The quantitative estimate of drug-likeness (QED) is 0.338. The van der Waals surface area contributed by atoms with Crippen LogP contribution in [0.4, 0.5) is 8.78 Å². The summed E-state index contributed by atoms with van der Waals surface area (Å²) in [6.45, 7) is 3.96. The summed E-state index contributed by atoms with van der Waals surface area (Å²) < 4.78 is 27.9. The van der Waals surface area contributed by atoms with E-state index < -0.39 is 29.0 Å². The summed E-state index contributed by atoms with van der Waals surface area (Å²) in [6.07, 6.45) is 3.81. The highest BCUT2D eigenvalue weighted by Crippen LogP contribution is 2.33. The molecule has 0 aliphatic carbocycles. The molecule has 1 fully saturated rings. The number of Topliss-reactive ketones (excluding diaryl/α,β-unsaturated/α-hetero) is 1. The largest absolute Gasteiger partial charge is 0.368 e. The van der Waals surface area contributed by atoms with Crippen LogP contribution in [0.5, 0.6) is 0 Å². The zero-order valence-electron chi connectivity index (χ0n) is 22.0. The van der Waals surface area contributed by atoms with Crippen LogP contribution in [0.25, 0.3) is 11.3 Å². The van der Waals surface area contributed by atoms with Gasteiger partial charge in [0, 0.05) is 35.7 Å². The van der Waals surface area contributed by atoms with Gasteiger partial charge in [-0.15, -0.1) is 0 Å². The van der Waals surface area contributed by atoms with Gasteiger partial charge >= 0.3 is 0 Å². The second-order valence-corrected chi connectivity index (χ2v) is 10.1. The van der Waals surface area contributed by atoms with Crippen molar-refractivity contribution in [3.63, 3.8) is 0 Å². The van der Waals surface area contributed by atoms with E-state index in [-0.39, 0.29) is 47.8 Å². The molecule has 0 spiro atoms. The average Bonchev–Trinajstić information content (AvgIpc) is 3.41. The van der Waals surface area contributed by atoms with Crippen molar-refractivity contribution >= 4 is 17.6 Å². The third-order valence-electron chi connectivity index (χ3n) is 7.62. The highest BCUT2D eigenvalue weighted by molar-refractivity contribution is 5.99. The minimum atomic E-state index is -1.69. The van der Waals surface area contributed by atoms with Gasteiger partial charge in [-0.05, 0) is 38.3 Å². The molecule has 1 aliphatic rings. The van der Waals surface area contributed by atoms with E-state index in [0.29, 0.717) is 12.1 Å². The molecule has 206 valence electrons. The smallest absolute Gasteiger partial charge is 0.239 e. The van der Waals surface area contributed by atoms with E-state index in [1.54, 1.807) is 42.2 Å². The predicted molar refractivity (Wildman–Crippen MR) is 143 cm³/mol. The lowest BCUT2D eigenvalue weighted by Crippen LogP contribution is -2.62.